The Hall–Kier alpha value is -2.83. The van der Waals surface area contributed by atoms with Gasteiger partial charge in [-0.3, -0.25) is 4.79 Å². The van der Waals surface area contributed by atoms with E-state index in [-0.39, 0.29) is 22.8 Å². The zero-order chi connectivity index (χ0) is 14.0. The highest BCUT2D eigenvalue weighted by Crippen LogP contribution is 2.22. The third kappa shape index (κ3) is 2.54. The number of aromatic hydroxyl groups is 1. The number of nitrogens with one attached hydrogen (secondary N) is 1. The molecule has 2 rings (SSSR count). The third-order valence-corrected chi connectivity index (χ3v) is 2.44. The molecule has 0 spiro atoms. The van der Waals surface area contributed by atoms with Gasteiger partial charge in [0.05, 0.1) is 17.4 Å². The smallest absolute Gasteiger partial charge is 0.337 e. The molecule has 1 aromatic carbocycles. The van der Waals surface area contributed by atoms with E-state index in [0.717, 1.165) is 6.07 Å². The van der Waals surface area contributed by atoms with Crippen LogP contribution >= 0.6 is 0 Å². The van der Waals surface area contributed by atoms with E-state index in [1.807, 2.05) is 0 Å². The largest absolute Gasteiger partial charge is 0.508 e. The lowest BCUT2D eigenvalue weighted by atomic mass is 10.1. The molecule has 1 amide bonds. The highest BCUT2D eigenvalue weighted by Gasteiger charge is 2.18. The first-order valence-corrected chi connectivity index (χ1v) is 5.28. The lowest BCUT2D eigenvalue weighted by molar-refractivity contribution is 0.0697. The van der Waals surface area contributed by atoms with Crippen LogP contribution in [-0.4, -0.2) is 27.2 Å². The Labute approximate surface area is 107 Å². The van der Waals surface area contributed by atoms with Crippen LogP contribution in [0.4, 0.5) is 5.69 Å². The first-order chi connectivity index (χ1) is 8.99. The molecule has 2 aromatic rings. The van der Waals surface area contributed by atoms with Crippen molar-refractivity contribution >= 4 is 17.6 Å². The number of rotatable bonds is 3. The Morgan fingerprint density at radius 3 is 2.68 bits per heavy atom. The van der Waals surface area contributed by atoms with E-state index in [1.54, 1.807) is 6.92 Å². The highest BCUT2D eigenvalue weighted by molar-refractivity contribution is 6.07. The van der Waals surface area contributed by atoms with Gasteiger partial charge in [0.25, 0.3) is 5.91 Å². The molecular formula is C12H10N2O5. The van der Waals surface area contributed by atoms with Crippen molar-refractivity contribution in [2.45, 2.75) is 6.92 Å². The van der Waals surface area contributed by atoms with Gasteiger partial charge in [-0.05, 0) is 25.1 Å². The number of carboxylic acid groups (broad SMARTS) is 1. The van der Waals surface area contributed by atoms with Crippen LogP contribution in [0.15, 0.2) is 28.9 Å². The van der Waals surface area contributed by atoms with Crippen molar-refractivity contribution in [3.8, 4) is 5.75 Å². The lowest BCUT2D eigenvalue weighted by Gasteiger charge is -2.07. The van der Waals surface area contributed by atoms with E-state index in [0.29, 0.717) is 5.56 Å². The fourth-order valence-electron chi connectivity index (χ4n) is 1.51. The van der Waals surface area contributed by atoms with Gasteiger partial charge in [-0.25, -0.2) is 4.79 Å². The maximum absolute atomic E-state index is 11.9. The average molecular weight is 262 g/mol. The van der Waals surface area contributed by atoms with Crippen LogP contribution in [0.25, 0.3) is 0 Å². The van der Waals surface area contributed by atoms with Gasteiger partial charge < -0.3 is 20.1 Å². The minimum Gasteiger partial charge on any atom is -0.508 e. The Morgan fingerprint density at radius 1 is 1.37 bits per heavy atom. The summed E-state index contributed by atoms with van der Waals surface area (Å²) in [6.45, 7) is 1.64. The van der Waals surface area contributed by atoms with Crippen LogP contribution in [0, 0.1) is 6.92 Å². The number of aromatic carboxylic acids is 1. The summed E-state index contributed by atoms with van der Waals surface area (Å²) in [4.78, 5) is 22.9. The van der Waals surface area contributed by atoms with E-state index < -0.39 is 11.9 Å². The lowest BCUT2D eigenvalue weighted by Crippen LogP contribution is -2.15. The molecule has 0 aliphatic rings. The second-order valence-electron chi connectivity index (χ2n) is 3.83. The molecule has 0 atom stereocenters. The van der Waals surface area contributed by atoms with E-state index in [2.05, 4.69) is 10.5 Å². The van der Waals surface area contributed by atoms with Crippen LogP contribution in [0.2, 0.25) is 0 Å². The number of carbonyl (C=O) groups is 2. The number of benzene rings is 1. The number of phenols is 1. The number of aromatic nitrogens is 1. The van der Waals surface area contributed by atoms with Crippen LogP contribution < -0.4 is 5.32 Å². The summed E-state index contributed by atoms with van der Waals surface area (Å²) in [5.41, 5.74) is 0.379. The Morgan fingerprint density at radius 2 is 2.11 bits per heavy atom. The maximum Gasteiger partial charge on any atom is 0.337 e. The standard InChI is InChI=1S/C12H10N2O5/c1-6-5-13-19-10(6)11(16)14-9-3-2-7(15)4-8(9)12(17)18/h2-5,15H,1H3,(H,14,16)(H,17,18). The molecule has 0 unspecified atom stereocenters. The second-order valence-corrected chi connectivity index (χ2v) is 3.83. The van der Waals surface area contributed by atoms with E-state index in [9.17, 15) is 14.7 Å². The third-order valence-electron chi connectivity index (χ3n) is 2.44. The van der Waals surface area contributed by atoms with E-state index in [1.165, 1.54) is 18.3 Å². The van der Waals surface area contributed by atoms with Gasteiger partial charge in [-0.1, -0.05) is 5.16 Å². The summed E-state index contributed by atoms with van der Waals surface area (Å²) in [7, 11) is 0. The topological polar surface area (TPSA) is 113 Å². The molecule has 0 saturated carbocycles. The number of hydrogen-bond acceptors (Lipinski definition) is 5. The Kier molecular flexibility index (Phi) is 3.19. The Balaban J connectivity index is 2.32. The summed E-state index contributed by atoms with van der Waals surface area (Å²) < 4.78 is 4.76. The summed E-state index contributed by atoms with van der Waals surface area (Å²) in [5.74, 6) is -2.07. The van der Waals surface area contributed by atoms with Crippen molar-refractivity contribution in [2.75, 3.05) is 5.32 Å². The molecule has 0 aliphatic carbocycles. The number of carbonyl (C=O) groups excluding carboxylic acids is 1. The van der Waals surface area contributed by atoms with Gasteiger partial charge in [-0.15, -0.1) is 0 Å². The average Bonchev–Trinajstić information content (AvgIpc) is 2.77. The number of aryl methyl sites for hydroxylation is 1. The number of hydrogen-bond donors (Lipinski definition) is 3. The van der Waals surface area contributed by atoms with Crippen molar-refractivity contribution < 1.29 is 24.3 Å². The quantitative estimate of drug-likeness (QED) is 0.725. The number of phenolic OH excluding ortho intramolecular Hbond substituents is 1. The normalized spacial score (nSPS) is 10.2. The predicted molar refractivity (Wildman–Crippen MR) is 64.3 cm³/mol. The molecule has 7 nitrogen and oxygen atoms in total. The molecule has 0 aliphatic heterocycles. The van der Waals surface area contributed by atoms with Gasteiger partial charge in [0, 0.05) is 5.56 Å². The summed E-state index contributed by atoms with van der Waals surface area (Å²) in [6, 6.07) is 3.61. The van der Waals surface area contributed by atoms with Gasteiger partial charge >= 0.3 is 5.97 Å². The number of anilines is 1. The molecular weight excluding hydrogens is 252 g/mol. The van der Waals surface area contributed by atoms with E-state index in [4.69, 9.17) is 9.63 Å². The highest BCUT2D eigenvalue weighted by atomic mass is 16.5. The van der Waals surface area contributed by atoms with Crippen molar-refractivity contribution in [2.24, 2.45) is 0 Å². The summed E-state index contributed by atoms with van der Waals surface area (Å²) >= 11 is 0. The molecule has 0 saturated heterocycles. The minimum absolute atomic E-state index is 0.00409. The summed E-state index contributed by atoms with van der Waals surface area (Å²) in [5, 5.41) is 24.1. The van der Waals surface area contributed by atoms with Crippen LogP contribution in [0.5, 0.6) is 5.75 Å². The zero-order valence-electron chi connectivity index (χ0n) is 9.88. The van der Waals surface area contributed by atoms with Crippen molar-refractivity contribution in [3.63, 3.8) is 0 Å². The summed E-state index contributed by atoms with van der Waals surface area (Å²) in [6.07, 6.45) is 1.38. The SMILES string of the molecule is Cc1cnoc1C(=O)Nc1ccc(O)cc1C(=O)O. The van der Waals surface area contributed by atoms with E-state index >= 15 is 0 Å². The maximum atomic E-state index is 11.9. The van der Waals surface area contributed by atoms with Crippen molar-refractivity contribution in [3.05, 3.63) is 41.3 Å². The molecule has 19 heavy (non-hydrogen) atoms. The first kappa shape index (κ1) is 12.6. The molecule has 1 heterocycles. The van der Waals surface area contributed by atoms with Gasteiger partial charge in [-0.2, -0.15) is 0 Å². The Bertz CT molecular complexity index is 647. The first-order valence-electron chi connectivity index (χ1n) is 5.28. The molecule has 0 bridgehead atoms. The number of carboxylic acids is 1. The van der Waals surface area contributed by atoms with Crippen LogP contribution in [-0.2, 0) is 0 Å². The van der Waals surface area contributed by atoms with Crippen molar-refractivity contribution in [1.29, 1.82) is 0 Å². The number of nitrogens with zero attached hydrogens (tertiary/aromatic N) is 1. The zero-order valence-corrected chi connectivity index (χ0v) is 9.88. The van der Waals surface area contributed by atoms with Gasteiger partial charge in [0.15, 0.2) is 0 Å². The monoisotopic (exact) mass is 262 g/mol. The molecule has 0 radical (unpaired) electrons. The predicted octanol–water partition coefficient (Wildman–Crippen LogP) is 1.64. The van der Waals surface area contributed by atoms with Crippen molar-refractivity contribution in [1.82, 2.24) is 5.16 Å². The molecule has 1 aromatic heterocycles. The fraction of sp³-hybridized carbons (Fsp3) is 0.0833. The fourth-order valence-corrected chi connectivity index (χ4v) is 1.51. The number of amides is 1. The van der Waals surface area contributed by atoms with Crippen LogP contribution in [0.1, 0.15) is 26.5 Å². The van der Waals surface area contributed by atoms with Crippen LogP contribution in [0.3, 0.4) is 0 Å². The molecule has 0 fully saturated rings. The molecule has 3 N–H and O–H groups in total. The van der Waals surface area contributed by atoms with Gasteiger partial charge in [0.1, 0.15) is 5.75 Å². The second kappa shape index (κ2) is 4.81. The van der Waals surface area contributed by atoms with Gasteiger partial charge in [0.2, 0.25) is 5.76 Å². The molecule has 98 valence electrons. The molecule has 7 heteroatoms. The minimum atomic E-state index is -1.26.